The smallest absolute Gasteiger partial charge is 0.335 e. The molecule has 0 atom stereocenters. The molecule has 2 heterocycles. The Morgan fingerprint density at radius 1 is 1.21 bits per heavy atom. The number of anilines is 1. The molecule has 29 heavy (non-hydrogen) atoms. The van der Waals surface area contributed by atoms with Crippen LogP contribution in [0, 0.1) is 0 Å². The average Bonchev–Trinajstić information content (AvgIpc) is 2.67. The highest BCUT2D eigenvalue weighted by atomic mass is 16.4. The Kier molecular flexibility index (Phi) is 5.31. The van der Waals surface area contributed by atoms with E-state index in [1.54, 1.807) is 6.92 Å². The number of aromatic amines is 1. The van der Waals surface area contributed by atoms with Crippen molar-refractivity contribution in [2.45, 2.75) is 33.2 Å². The van der Waals surface area contributed by atoms with Crippen molar-refractivity contribution in [3.05, 3.63) is 68.0 Å². The van der Waals surface area contributed by atoms with Crippen molar-refractivity contribution in [2.24, 2.45) is 0 Å². The first-order valence-corrected chi connectivity index (χ1v) is 9.05. The predicted octanol–water partition coefficient (Wildman–Crippen LogP) is 2.18. The van der Waals surface area contributed by atoms with Crippen LogP contribution >= 0.6 is 0 Å². The second kappa shape index (κ2) is 7.70. The monoisotopic (exact) mass is 396 g/mol. The van der Waals surface area contributed by atoms with Gasteiger partial charge in [-0.2, -0.15) is 0 Å². The molecule has 1 aromatic carbocycles. The number of nitrogens with zero attached hydrogens (tertiary/aromatic N) is 2. The maximum atomic E-state index is 13.0. The Hall–Kier alpha value is -3.75. The summed E-state index contributed by atoms with van der Waals surface area (Å²) in [5.41, 5.74) is -0.0172. The highest BCUT2D eigenvalue weighted by molar-refractivity contribution is 6.12. The van der Waals surface area contributed by atoms with Crippen LogP contribution in [0.25, 0.3) is 11.0 Å². The Morgan fingerprint density at radius 2 is 1.86 bits per heavy atom. The fourth-order valence-corrected chi connectivity index (χ4v) is 2.96. The lowest BCUT2D eigenvalue weighted by molar-refractivity contribution is 0.0696. The van der Waals surface area contributed by atoms with E-state index in [-0.39, 0.29) is 34.6 Å². The van der Waals surface area contributed by atoms with E-state index in [1.165, 1.54) is 34.9 Å². The summed E-state index contributed by atoms with van der Waals surface area (Å²) in [6.07, 6.45) is 0. The number of H-pyrrole nitrogens is 1. The number of fused-ring (bicyclic) bond motifs is 1. The van der Waals surface area contributed by atoms with Crippen molar-refractivity contribution >= 4 is 28.6 Å². The second-order valence-corrected chi connectivity index (χ2v) is 6.79. The van der Waals surface area contributed by atoms with Crippen LogP contribution in [0.1, 0.15) is 53.1 Å². The third-order valence-corrected chi connectivity index (χ3v) is 4.51. The van der Waals surface area contributed by atoms with Crippen molar-refractivity contribution in [3.63, 3.8) is 0 Å². The van der Waals surface area contributed by atoms with Crippen molar-refractivity contribution in [2.75, 3.05) is 5.32 Å². The molecular formula is C20H20N4O5. The number of benzene rings is 1. The van der Waals surface area contributed by atoms with Crippen LogP contribution < -0.4 is 16.6 Å². The number of rotatable bonds is 5. The molecule has 0 aliphatic heterocycles. The number of carboxylic acid groups (broad SMARTS) is 1. The summed E-state index contributed by atoms with van der Waals surface area (Å²) >= 11 is 0. The molecule has 3 N–H and O–H groups in total. The molecule has 3 rings (SSSR count). The Bertz CT molecular complexity index is 1220. The topological polar surface area (TPSA) is 134 Å². The van der Waals surface area contributed by atoms with Crippen LogP contribution in [-0.4, -0.2) is 31.5 Å². The molecule has 0 radical (unpaired) electrons. The molecule has 9 nitrogen and oxygen atoms in total. The molecular weight excluding hydrogens is 376 g/mol. The van der Waals surface area contributed by atoms with Gasteiger partial charge in [-0.25, -0.2) is 14.6 Å². The van der Waals surface area contributed by atoms with Gasteiger partial charge in [-0.05, 0) is 43.2 Å². The van der Waals surface area contributed by atoms with Gasteiger partial charge in [-0.15, -0.1) is 0 Å². The number of pyridine rings is 1. The maximum absolute atomic E-state index is 13.0. The van der Waals surface area contributed by atoms with Crippen LogP contribution in [0.3, 0.4) is 0 Å². The normalized spacial score (nSPS) is 11.0. The summed E-state index contributed by atoms with van der Waals surface area (Å²) < 4.78 is 1.31. The summed E-state index contributed by atoms with van der Waals surface area (Å²) in [4.78, 5) is 55.2. The number of hydrogen-bond acceptors (Lipinski definition) is 5. The number of amides is 1. The van der Waals surface area contributed by atoms with Crippen LogP contribution in [0.2, 0.25) is 0 Å². The molecule has 0 unspecified atom stereocenters. The minimum atomic E-state index is -1.08. The van der Waals surface area contributed by atoms with Crippen LogP contribution in [-0.2, 0) is 6.54 Å². The van der Waals surface area contributed by atoms with E-state index >= 15 is 0 Å². The number of carbonyl (C=O) groups excluding carboxylic acids is 1. The molecule has 0 fully saturated rings. The Morgan fingerprint density at radius 3 is 2.41 bits per heavy atom. The van der Waals surface area contributed by atoms with E-state index in [0.29, 0.717) is 11.4 Å². The summed E-state index contributed by atoms with van der Waals surface area (Å²) in [6.45, 7) is 5.80. The van der Waals surface area contributed by atoms with E-state index < -0.39 is 23.1 Å². The lowest BCUT2D eigenvalue weighted by Crippen LogP contribution is -2.32. The van der Waals surface area contributed by atoms with E-state index in [9.17, 15) is 19.2 Å². The molecule has 0 bridgehead atoms. The van der Waals surface area contributed by atoms with Gasteiger partial charge in [0.15, 0.2) is 5.65 Å². The largest absolute Gasteiger partial charge is 0.478 e. The van der Waals surface area contributed by atoms with Gasteiger partial charge in [0, 0.05) is 17.9 Å². The minimum Gasteiger partial charge on any atom is -0.478 e. The van der Waals surface area contributed by atoms with E-state index in [1.807, 2.05) is 13.8 Å². The van der Waals surface area contributed by atoms with Gasteiger partial charge in [0.05, 0.1) is 16.5 Å². The summed E-state index contributed by atoms with van der Waals surface area (Å²) in [5.74, 6) is -1.68. The van der Waals surface area contributed by atoms with Gasteiger partial charge < -0.3 is 10.4 Å². The lowest BCUT2D eigenvalue weighted by Gasteiger charge is -2.14. The molecule has 0 saturated heterocycles. The second-order valence-electron chi connectivity index (χ2n) is 6.79. The van der Waals surface area contributed by atoms with Gasteiger partial charge in [0.1, 0.15) is 0 Å². The number of aromatic nitrogens is 3. The zero-order chi connectivity index (χ0) is 21.3. The van der Waals surface area contributed by atoms with Gasteiger partial charge >= 0.3 is 11.7 Å². The number of carboxylic acids is 1. The molecule has 150 valence electrons. The van der Waals surface area contributed by atoms with Crippen LogP contribution in [0.5, 0.6) is 0 Å². The summed E-state index contributed by atoms with van der Waals surface area (Å²) in [6, 6.07) is 7.18. The van der Waals surface area contributed by atoms with Gasteiger partial charge in [-0.3, -0.25) is 19.1 Å². The van der Waals surface area contributed by atoms with Crippen molar-refractivity contribution in [1.82, 2.24) is 14.5 Å². The van der Waals surface area contributed by atoms with Crippen LogP contribution in [0.4, 0.5) is 5.69 Å². The average molecular weight is 396 g/mol. The highest BCUT2D eigenvalue weighted by Crippen LogP contribution is 2.21. The highest BCUT2D eigenvalue weighted by Gasteiger charge is 2.20. The first-order chi connectivity index (χ1) is 13.7. The first-order valence-electron chi connectivity index (χ1n) is 9.05. The van der Waals surface area contributed by atoms with Crippen LogP contribution in [0.15, 0.2) is 39.9 Å². The van der Waals surface area contributed by atoms with E-state index in [0.717, 1.165) is 0 Å². The van der Waals surface area contributed by atoms with Crippen molar-refractivity contribution in [1.29, 1.82) is 0 Å². The molecule has 0 aliphatic carbocycles. The summed E-state index contributed by atoms with van der Waals surface area (Å²) in [7, 11) is 0. The Labute approximate surface area is 165 Å². The molecule has 9 heteroatoms. The third-order valence-electron chi connectivity index (χ3n) is 4.51. The fraction of sp³-hybridized carbons (Fsp3) is 0.250. The number of nitrogens with one attached hydrogen (secondary N) is 2. The molecule has 0 aliphatic rings. The molecule has 0 spiro atoms. The Balaban J connectivity index is 2.16. The van der Waals surface area contributed by atoms with Gasteiger partial charge in [0.25, 0.3) is 11.5 Å². The van der Waals surface area contributed by atoms with E-state index in [4.69, 9.17) is 5.11 Å². The maximum Gasteiger partial charge on any atom is 0.335 e. The van der Waals surface area contributed by atoms with Crippen molar-refractivity contribution < 1.29 is 14.7 Å². The number of aryl methyl sites for hydroxylation is 1. The quantitative estimate of drug-likeness (QED) is 0.605. The van der Waals surface area contributed by atoms with Gasteiger partial charge in [0.2, 0.25) is 0 Å². The zero-order valence-electron chi connectivity index (χ0n) is 16.1. The molecule has 2 aromatic heterocycles. The molecule has 3 aromatic rings. The molecule has 0 saturated carbocycles. The predicted molar refractivity (Wildman–Crippen MR) is 108 cm³/mol. The minimum absolute atomic E-state index is 0.0236. The number of hydrogen-bond donors (Lipinski definition) is 3. The summed E-state index contributed by atoms with van der Waals surface area (Å²) in [5, 5.41) is 11.7. The third kappa shape index (κ3) is 3.79. The van der Waals surface area contributed by atoms with Crippen molar-refractivity contribution in [3.8, 4) is 0 Å². The SMILES string of the molecule is CCn1c(=O)[nH]c(=O)c2c(C(=O)Nc3ccc(C(=O)O)cc3)cc(C(C)C)nc21. The fourth-order valence-electron chi connectivity index (χ4n) is 2.96. The number of carbonyl (C=O) groups is 2. The molecule has 1 amide bonds. The van der Waals surface area contributed by atoms with Gasteiger partial charge in [-0.1, -0.05) is 13.8 Å². The van der Waals surface area contributed by atoms with E-state index in [2.05, 4.69) is 15.3 Å². The zero-order valence-corrected chi connectivity index (χ0v) is 16.1. The lowest BCUT2D eigenvalue weighted by atomic mass is 10.0. The standard InChI is InChI=1S/C20H20N4O5/c1-4-24-16-15(18(26)23-20(24)29)13(9-14(22-16)10(2)3)17(25)21-12-7-5-11(6-8-12)19(27)28/h5-10H,4H2,1-3H3,(H,21,25)(H,27,28)(H,23,26,29). The first kappa shape index (κ1) is 20.0. The number of aromatic carboxylic acids is 1.